The van der Waals surface area contributed by atoms with Gasteiger partial charge in [0.15, 0.2) is 0 Å². The standard InChI is InChI=1S/C10H15N3O/c14-10(9-5-1-2-6-11-9)12-13-7-3-4-8-13/h3-4,7-9,11H,1-2,5-6H2,(H,12,14)/t9-/m1/s1. The van der Waals surface area contributed by atoms with Crippen LogP contribution in [0.25, 0.3) is 0 Å². The third-order valence-electron chi connectivity index (χ3n) is 2.47. The molecule has 76 valence electrons. The van der Waals surface area contributed by atoms with Crippen LogP contribution in [0.3, 0.4) is 0 Å². The van der Waals surface area contributed by atoms with E-state index in [1.54, 1.807) is 4.68 Å². The molecule has 1 saturated heterocycles. The van der Waals surface area contributed by atoms with Crippen LogP contribution in [0.1, 0.15) is 19.3 Å². The highest BCUT2D eigenvalue weighted by molar-refractivity contribution is 5.88. The number of rotatable bonds is 2. The lowest BCUT2D eigenvalue weighted by Crippen LogP contribution is -2.45. The smallest absolute Gasteiger partial charge is 0.255 e. The second-order valence-electron chi connectivity index (χ2n) is 3.57. The minimum absolute atomic E-state index is 0.0221. The van der Waals surface area contributed by atoms with E-state index in [2.05, 4.69) is 10.7 Å². The Bertz CT molecular complexity index is 288. The lowest BCUT2D eigenvalue weighted by molar-refractivity contribution is -0.119. The number of aromatic nitrogens is 1. The maximum absolute atomic E-state index is 11.7. The third kappa shape index (κ3) is 2.14. The summed E-state index contributed by atoms with van der Waals surface area (Å²) in [6.07, 6.45) is 6.89. The molecule has 1 atom stereocenters. The average Bonchev–Trinajstić information content (AvgIpc) is 2.72. The molecule has 2 N–H and O–H groups in total. The zero-order chi connectivity index (χ0) is 9.80. The van der Waals surface area contributed by atoms with Crippen molar-refractivity contribution in [3.63, 3.8) is 0 Å². The van der Waals surface area contributed by atoms with Crippen molar-refractivity contribution in [3.8, 4) is 0 Å². The van der Waals surface area contributed by atoms with E-state index in [1.165, 1.54) is 6.42 Å². The van der Waals surface area contributed by atoms with E-state index in [4.69, 9.17) is 0 Å². The molecule has 1 aromatic heterocycles. The Hall–Kier alpha value is -1.29. The molecule has 0 saturated carbocycles. The fourth-order valence-corrected chi connectivity index (χ4v) is 1.69. The molecule has 0 aliphatic carbocycles. The Morgan fingerprint density at radius 2 is 2.14 bits per heavy atom. The Labute approximate surface area is 83.3 Å². The summed E-state index contributed by atoms with van der Waals surface area (Å²) in [6.45, 7) is 0.948. The first-order chi connectivity index (χ1) is 6.86. The van der Waals surface area contributed by atoms with Crippen LogP contribution in [0.4, 0.5) is 0 Å². The van der Waals surface area contributed by atoms with Crippen LogP contribution in [0.15, 0.2) is 24.5 Å². The van der Waals surface area contributed by atoms with E-state index in [1.807, 2.05) is 24.5 Å². The maximum atomic E-state index is 11.7. The van der Waals surface area contributed by atoms with E-state index in [-0.39, 0.29) is 11.9 Å². The molecule has 2 heterocycles. The van der Waals surface area contributed by atoms with Gasteiger partial charge in [-0.25, -0.2) is 0 Å². The monoisotopic (exact) mass is 193 g/mol. The molecule has 4 heteroatoms. The lowest BCUT2D eigenvalue weighted by atomic mass is 10.0. The quantitative estimate of drug-likeness (QED) is 0.726. The average molecular weight is 193 g/mol. The fraction of sp³-hybridized carbons (Fsp3) is 0.500. The summed E-state index contributed by atoms with van der Waals surface area (Å²) >= 11 is 0. The van der Waals surface area contributed by atoms with Gasteiger partial charge in [-0.1, -0.05) is 6.42 Å². The summed E-state index contributed by atoms with van der Waals surface area (Å²) in [5.74, 6) is 0.0564. The molecule has 1 aliphatic rings. The van der Waals surface area contributed by atoms with Gasteiger partial charge < -0.3 is 5.32 Å². The molecule has 14 heavy (non-hydrogen) atoms. The number of nitrogens with zero attached hydrogens (tertiary/aromatic N) is 1. The predicted octanol–water partition coefficient (Wildman–Crippen LogP) is 0.700. The minimum Gasteiger partial charge on any atom is -0.306 e. The highest BCUT2D eigenvalue weighted by atomic mass is 16.2. The van der Waals surface area contributed by atoms with E-state index in [0.29, 0.717) is 0 Å². The summed E-state index contributed by atoms with van der Waals surface area (Å²) in [5.41, 5.74) is 2.81. The highest BCUT2D eigenvalue weighted by Crippen LogP contribution is 2.07. The normalized spacial score (nSPS) is 21.9. The topological polar surface area (TPSA) is 46.1 Å². The first-order valence-corrected chi connectivity index (χ1v) is 5.03. The van der Waals surface area contributed by atoms with E-state index in [9.17, 15) is 4.79 Å². The summed E-state index contributed by atoms with van der Waals surface area (Å²) in [6, 6.07) is 3.74. The summed E-state index contributed by atoms with van der Waals surface area (Å²) < 4.78 is 1.68. The predicted molar refractivity (Wildman–Crippen MR) is 54.4 cm³/mol. The number of hydrogen-bond acceptors (Lipinski definition) is 2. The van der Waals surface area contributed by atoms with Gasteiger partial charge in [-0.3, -0.25) is 14.9 Å². The summed E-state index contributed by atoms with van der Waals surface area (Å²) in [7, 11) is 0. The van der Waals surface area contributed by atoms with Crippen molar-refractivity contribution >= 4 is 5.91 Å². The van der Waals surface area contributed by atoms with Crippen molar-refractivity contribution in [2.24, 2.45) is 0 Å². The molecule has 2 rings (SSSR count). The van der Waals surface area contributed by atoms with Crippen LogP contribution in [0.5, 0.6) is 0 Å². The zero-order valence-electron chi connectivity index (χ0n) is 8.07. The molecule has 0 radical (unpaired) electrons. The van der Waals surface area contributed by atoms with Crippen LogP contribution in [0, 0.1) is 0 Å². The molecule has 0 aromatic carbocycles. The van der Waals surface area contributed by atoms with Gasteiger partial charge in [0.05, 0.1) is 6.04 Å². The number of piperidine rings is 1. The molecule has 0 bridgehead atoms. The maximum Gasteiger partial charge on any atom is 0.255 e. The van der Waals surface area contributed by atoms with Gasteiger partial charge in [-0.2, -0.15) is 0 Å². The molecular weight excluding hydrogens is 178 g/mol. The van der Waals surface area contributed by atoms with Gasteiger partial charge in [0.25, 0.3) is 5.91 Å². The highest BCUT2D eigenvalue weighted by Gasteiger charge is 2.20. The van der Waals surface area contributed by atoms with Crippen molar-refractivity contribution in [1.82, 2.24) is 9.99 Å². The van der Waals surface area contributed by atoms with Gasteiger partial charge >= 0.3 is 0 Å². The van der Waals surface area contributed by atoms with Gasteiger partial charge in [0.2, 0.25) is 0 Å². The van der Waals surface area contributed by atoms with Crippen LogP contribution >= 0.6 is 0 Å². The Balaban J connectivity index is 1.88. The Morgan fingerprint density at radius 1 is 1.36 bits per heavy atom. The largest absolute Gasteiger partial charge is 0.306 e. The van der Waals surface area contributed by atoms with E-state index < -0.39 is 0 Å². The van der Waals surface area contributed by atoms with Gasteiger partial charge in [-0.15, -0.1) is 0 Å². The van der Waals surface area contributed by atoms with Crippen LogP contribution in [0.2, 0.25) is 0 Å². The molecule has 1 aliphatic heterocycles. The first kappa shape index (κ1) is 9.27. The van der Waals surface area contributed by atoms with Crippen LogP contribution in [-0.4, -0.2) is 23.2 Å². The van der Waals surface area contributed by atoms with Gasteiger partial charge in [0, 0.05) is 12.4 Å². The second-order valence-corrected chi connectivity index (χ2v) is 3.57. The van der Waals surface area contributed by atoms with Gasteiger partial charge in [0.1, 0.15) is 0 Å². The number of hydrogen-bond donors (Lipinski definition) is 2. The van der Waals surface area contributed by atoms with Crippen molar-refractivity contribution in [3.05, 3.63) is 24.5 Å². The molecule has 0 unspecified atom stereocenters. The summed E-state index contributed by atoms with van der Waals surface area (Å²) in [4.78, 5) is 11.7. The molecule has 4 nitrogen and oxygen atoms in total. The molecule has 1 fully saturated rings. The zero-order valence-corrected chi connectivity index (χ0v) is 8.07. The number of carbonyl (C=O) groups is 1. The molecule has 1 aromatic rings. The first-order valence-electron chi connectivity index (χ1n) is 5.03. The van der Waals surface area contributed by atoms with Crippen molar-refractivity contribution in [2.45, 2.75) is 25.3 Å². The van der Waals surface area contributed by atoms with E-state index >= 15 is 0 Å². The number of amides is 1. The van der Waals surface area contributed by atoms with Gasteiger partial charge in [-0.05, 0) is 31.5 Å². The number of carbonyl (C=O) groups excluding carboxylic acids is 1. The van der Waals surface area contributed by atoms with Crippen LogP contribution < -0.4 is 10.7 Å². The Morgan fingerprint density at radius 3 is 2.79 bits per heavy atom. The minimum atomic E-state index is -0.0221. The third-order valence-corrected chi connectivity index (χ3v) is 2.47. The Kier molecular flexibility index (Phi) is 2.84. The summed E-state index contributed by atoms with van der Waals surface area (Å²) in [5, 5.41) is 3.21. The van der Waals surface area contributed by atoms with E-state index in [0.717, 1.165) is 19.4 Å². The SMILES string of the molecule is O=C(Nn1cccc1)[C@H]1CCCCN1. The fourth-order valence-electron chi connectivity index (χ4n) is 1.69. The van der Waals surface area contributed by atoms with Crippen molar-refractivity contribution in [1.29, 1.82) is 0 Å². The van der Waals surface area contributed by atoms with Crippen molar-refractivity contribution in [2.75, 3.05) is 12.0 Å². The molecule has 0 spiro atoms. The lowest BCUT2D eigenvalue weighted by Gasteiger charge is -2.22. The molecular formula is C10H15N3O. The van der Waals surface area contributed by atoms with Crippen molar-refractivity contribution < 1.29 is 4.79 Å². The second kappa shape index (κ2) is 4.28. The number of nitrogens with one attached hydrogen (secondary N) is 2. The van der Waals surface area contributed by atoms with Crippen LogP contribution in [-0.2, 0) is 4.79 Å². The molecule has 1 amide bonds.